The molecule has 1 unspecified atom stereocenters. The second kappa shape index (κ2) is 13.3. The van der Waals surface area contributed by atoms with Crippen LogP contribution in [0.4, 0.5) is 19.1 Å². The Morgan fingerprint density at radius 3 is 2.47 bits per heavy atom. The van der Waals surface area contributed by atoms with Gasteiger partial charge in [-0.1, -0.05) is 18.1 Å². The second-order valence-electron chi connectivity index (χ2n) is 10.3. The minimum absolute atomic E-state index is 0.00284. The second-order valence-corrected chi connectivity index (χ2v) is 10.3. The first kappa shape index (κ1) is 32.8. The predicted octanol–water partition coefficient (Wildman–Crippen LogP) is 0.625. The highest BCUT2D eigenvalue weighted by atomic mass is 19.4. The van der Waals surface area contributed by atoms with E-state index in [0.717, 1.165) is 29.5 Å². The minimum Gasteiger partial charge on any atom is -0.475 e. The SMILES string of the molecule is CC#CCn1c(N2CCCC(N)C2)nc2c1c(=O)n(Cc1nc3ccccc3n1CC(=O)NC)c(=O)n2C.O=C(O)C(F)(F)F. The maximum absolute atomic E-state index is 13.9. The molecule has 5 rings (SSSR count). The first-order chi connectivity index (χ1) is 21.3. The average Bonchev–Trinajstić information content (AvgIpc) is 3.55. The minimum atomic E-state index is -5.08. The highest BCUT2D eigenvalue weighted by Gasteiger charge is 2.38. The number of likely N-dealkylation sites (N-methyl/N-ethyl adjacent to an activating group) is 1. The number of alkyl halides is 3. The number of carboxylic acids is 1. The number of para-hydroxylation sites is 2. The van der Waals surface area contributed by atoms with Gasteiger partial charge in [-0.25, -0.2) is 14.6 Å². The molecule has 0 radical (unpaired) electrons. The molecule has 17 heteroatoms. The molecular formula is C28H32F3N9O5. The van der Waals surface area contributed by atoms with Crippen molar-refractivity contribution in [2.45, 2.75) is 51.6 Å². The molecule has 4 N–H and O–H groups in total. The zero-order valence-corrected chi connectivity index (χ0v) is 24.8. The first-order valence-corrected chi connectivity index (χ1v) is 13.8. The molecule has 4 aromatic rings. The molecule has 1 aliphatic rings. The third-order valence-electron chi connectivity index (χ3n) is 7.22. The summed E-state index contributed by atoms with van der Waals surface area (Å²) < 4.78 is 37.8. The molecule has 0 spiro atoms. The standard InChI is InChI=1S/C26H31N9O3.C2HF3O2/c1-4-5-13-33-22-23(30-25(33)32-12-8-9-17(27)14-32)31(3)26(38)35(24(22)37)15-20-29-18-10-6-7-11-19(18)34(20)16-21(36)28-2;3-2(4,5)1(6)7/h6-7,10-11,17H,8-9,12-16,27H2,1-3H3,(H,28,36);(H,6,7). The van der Waals surface area contributed by atoms with Gasteiger partial charge in [0.15, 0.2) is 11.2 Å². The van der Waals surface area contributed by atoms with Crippen molar-refractivity contribution in [3.05, 3.63) is 50.9 Å². The van der Waals surface area contributed by atoms with Crippen molar-refractivity contribution in [1.82, 2.24) is 33.6 Å². The lowest BCUT2D eigenvalue weighted by atomic mass is 10.1. The van der Waals surface area contributed by atoms with Gasteiger partial charge >= 0.3 is 17.8 Å². The number of halogens is 3. The summed E-state index contributed by atoms with van der Waals surface area (Å²) in [6.45, 7) is 3.24. The molecule has 1 aromatic carbocycles. The van der Waals surface area contributed by atoms with Crippen LogP contribution in [-0.4, -0.2) is 77.6 Å². The van der Waals surface area contributed by atoms with Crippen LogP contribution in [0.15, 0.2) is 33.9 Å². The highest BCUT2D eigenvalue weighted by molar-refractivity contribution is 5.81. The Kier molecular flexibility index (Phi) is 9.66. The molecular weight excluding hydrogens is 599 g/mol. The van der Waals surface area contributed by atoms with Crippen molar-refractivity contribution in [2.24, 2.45) is 12.8 Å². The third kappa shape index (κ3) is 6.85. The van der Waals surface area contributed by atoms with E-state index >= 15 is 0 Å². The van der Waals surface area contributed by atoms with Crippen molar-refractivity contribution in [3.63, 3.8) is 0 Å². The molecule has 1 aliphatic heterocycles. The van der Waals surface area contributed by atoms with Crippen LogP contribution < -0.4 is 27.2 Å². The molecule has 0 saturated carbocycles. The van der Waals surface area contributed by atoms with Gasteiger partial charge in [0, 0.05) is 33.2 Å². The Bertz CT molecular complexity index is 1930. The lowest BCUT2D eigenvalue weighted by Gasteiger charge is -2.31. The number of nitrogens with two attached hydrogens (primary N) is 1. The van der Waals surface area contributed by atoms with Gasteiger partial charge in [0.05, 0.1) is 24.1 Å². The van der Waals surface area contributed by atoms with Crippen molar-refractivity contribution in [1.29, 1.82) is 0 Å². The number of hydrogen-bond donors (Lipinski definition) is 3. The van der Waals surface area contributed by atoms with E-state index < -0.39 is 23.4 Å². The van der Waals surface area contributed by atoms with Crippen LogP contribution in [-0.2, 0) is 36.3 Å². The quantitative estimate of drug-likeness (QED) is 0.258. The van der Waals surface area contributed by atoms with Crippen LogP contribution in [0, 0.1) is 11.8 Å². The molecule has 4 heterocycles. The number of benzene rings is 1. The van der Waals surface area contributed by atoms with Crippen LogP contribution in [0.25, 0.3) is 22.2 Å². The van der Waals surface area contributed by atoms with Gasteiger partial charge in [-0.3, -0.25) is 23.3 Å². The molecule has 240 valence electrons. The van der Waals surface area contributed by atoms with Gasteiger partial charge in [0.1, 0.15) is 12.4 Å². The summed E-state index contributed by atoms with van der Waals surface area (Å²) in [7, 11) is 3.16. The van der Waals surface area contributed by atoms with Gasteiger partial charge < -0.3 is 25.6 Å². The number of piperidine rings is 1. The van der Waals surface area contributed by atoms with E-state index in [-0.39, 0.29) is 37.1 Å². The number of nitrogens with zero attached hydrogens (tertiary/aromatic N) is 7. The van der Waals surface area contributed by atoms with Crippen molar-refractivity contribution >= 4 is 40.0 Å². The largest absolute Gasteiger partial charge is 0.490 e. The van der Waals surface area contributed by atoms with Gasteiger partial charge in [0.25, 0.3) is 5.56 Å². The number of hydrogen-bond acceptors (Lipinski definition) is 8. The molecule has 14 nitrogen and oxygen atoms in total. The van der Waals surface area contributed by atoms with Crippen LogP contribution in [0.5, 0.6) is 0 Å². The fraction of sp³-hybridized carbons (Fsp3) is 0.429. The number of aliphatic carboxylic acids is 1. The third-order valence-corrected chi connectivity index (χ3v) is 7.22. The molecule has 0 bridgehead atoms. The maximum Gasteiger partial charge on any atom is 0.490 e. The van der Waals surface area contributed by atoms with E-state index in [1.54, 1.807) is 30.2 Å². The highest BCUT2D eigenvalue weighted by Crippen LogP contribution is 2.23. The summed E-state index contributed by atoms with van der Waals surface area (Å²) in [6, 6.07) is 7.39. The van der Waals surface area contributed by atoms with Crippen molar-refractivity contribution < 1.29 is 27.9 Å². The Hall–Kier alpha value is -5.11. The number of amides is 1. The van der Waals surface area contributed by atoms with E-state index in [4.69, 9.17) is 20.6 Å². The van der Waals surface area contributed by atoms with Crippen LogP contribution >= 0.6 is 0 Å². The van der Waals surface area contributed by atoms with E-state index in [0.29, 0.717) is 29.5 Å². The molecule has 3 aromatic heterocycles. The average molecular weight is 632 g/mol. The normalized spacial score (nSPS) is 14.9. The van der Waals surface area contributed by atoms with Gasteiger partial charge in [-0.15, -0.1) is 5.92 Å². The zero-order chi connectivity index (χ0) is 33.1. The Labute approximate surface area is 253 Å². The Balaban J connectivity index is 0.000000591. The first-order valence-electron chi connectivity index (χ1n) is 13.8. The monoisotopic (exact) mass is 631 g/mol. The number of rotatable bonds is 6. The Morgan fingerprint density at radius 1 is 1.16 bits per heavy atom. The maximum atomic E-state index is 13.9. The number of nitrogens with one attached hydrogen (secondary N) is 1. The molecule has 1 fully saturated rings. The van der Waals surface area contributed by atoms with Crippen LogP contribution in [0.3, 0.4) is 0 Å². The van der Waals surface area contributed by atoms with Gasteiger partial charge in [-0.05, 0) is 31.9 Å². The molecule has 0 aliphatic carbocycles. The van der Waals surface area contributed by atoms with E-state index in [1.807, 2.05) is 24.3 Å². The number of anilines is 1. The summed E-state index contributed by atoms with van der Waals surface area (Å²) in [5, 5.41) is 9.74. The fourth-order valence-electron chi connectivity index (χ4n) is 5.03. The number of fused-ring (bicyclic) bond motifs is 2. The van der Waals surface area contributed by atoms with Crippen LogP contribution in [0.1, 0.15) is 25.6 Å². The molecule has 1 saturated heterocycles. The topological polar surface area (TPSA) is 175 Å². The lowest BCUT2D eigenvalue weighted by Crippen LogP contribution is -2.44. The fourth-order valence-corrected chi connectivity index (χ4v) is 5.03. The number of aryl methyl sites for hydroxylation is 1. The summed E-state index contributed by atoms with van der Waals surface area (Å²) in [5.74, 6) is 3.95. The summed E-state index contributed by atoms with van der Waals surface area (Å²) in [6.07, 6.45) is -3.25. The smallest absolute Gasteiger partial charge is 0.475 e. The van der Waals surface area contributed by atoms with E-state index in [2.05, 4.69) is 27.0 Å². The summed E-state index contributed by atoms with van der Waals surface area (Å²) >= 11 is 0. The van der Waals surface area contributed by atoms with Gasteiger partial charge in [-0.2, -0.15) is 18.2 Å². The number of aromatic nitrogens is 6. The number of imidazole rings is 2. The summed E-state index contributed by atoms with van der Waals surface area (Å²) in [4.78, 5) is 60.0. The van der Waals surface area contributed by atoms with Gasteiger partial charge in [0.2, 0.25) is 11.9 Å². The summed E-state index contributed by atoms with van der Waals surface area (Å²) in [5.41, 5.74) is 7.21. The van der Waals surface area contributed by atoms with Crippen LogP contribution in [0.2, 0.25) is 0 Å². The molecule has 1 atom stereocenters. The molecule has 1 amide bonds. The zero-order valence-electron chi connectivity index (χ0n) is 24.8. The number of carboxylic acid groups (broad SMARTS) is 1. The predicted molar refractivity (Wildman–Crippen MR) is 159 cm³/mol. The lowest BCUT2D eigenvalue weighted by molar-refractivity contribution is -0.192. The number of carbonyl (C=O) groups is 2. The van der Waals surface area contributed by atoms with E-state index in [1.165, 1.54) is 4.57 Å². The number of carbonyl (C=O) groups excluding carboxylic acids is 1. The van der Waals surface area contributed by atoms with E-state index in [9.17, 15) is 27.6 Å². The van der Waals surface area contributed by atoms with Crippen molar-refractivity contribution in [3.8, 4) is 11.8 Å². The Morgan fingerprint density at radius 2 is 1.84 bits per heavy atom. The van der Waals surface area contributed by atoms with Crippen molar-refractivity contribution in [2.75, 3.05) is 25.0 Å². The molecule has 45 heavy (non-hydrogen) atoms.